The molecule has 0 aliphatic rings. The Bertz CT molecular complexity index is 588. The van der Waals surface area contributed by atoms with Crippen LogP contribution in [0.2, 0.25) is 5.02 Å². The molecule has 2 N–H and O–H groups in total. The van der Waals surface area contributed by atoms with Gasteiger partial charge < -0.3 is 5.84 Å². The molecule has 0 amide bonds. The van der Waals surface area contributed by atoms with Crippen molar-refractivity contribution in [2.45, 2.75) is 37.1 Å². The van der Waals surface area contributed by atoms with Crippen LogP contribution in [-0.2, 0) is 12.2 Å². The van der Waals surface area contributed by atoms with Crippen LogP contribution in [0.15, 0.2) is 23.4 Å². The summed E-state index contributed by atoms with van der Waals surface area (Å²) in [7, 11) is 0. The van der Waals surface area contributed by atoms with E-state index >= 15 is 0 Å². The zero-order valence-electron chi connectivity index (χ0n) is 11.1. The van der Waals surface area contributed by atoms with Crippen molar-refractivity contribution in [2.75, 3.05) is 5.84 Å². The maximum Gasteiger partial charge on any atom is 0.210 e. The van der Waals surface area contributed by atoms with Gasteiger partial charge in [-0.2, -0.15) is 0 Å². The molecule has 1 aromatic carbocycles. The van der Waals surface area contributed by atoms with E-state index in [9.17, 15) is 4.39 Å². The Morgan fingerprint density at radius 2 is 2.20 bits per heavy atom. The van der Waals surface area contributed by atoms with Gasteiger partial charge in [0, 0.05) is 17.2 Å². The van der Waals surface area contributed by atoms with Crippen molar-refractivity contribution in [2.24, 2.45) is 0 Å². The van der Waals surface area contributed by atoms with E-state index in [-0.39, 0.29) is 5.82 Å². The maximum atomic E-state index is 13.0. The largest absolute Gasteiger partial charge is 0.336 e. The molecule has 0 aliphatic carbocycles. The summed E-state index contributed by atoms with van der Waals surface area (Å²) in [5.74, 6) is 6.96. The number of nitrogens with zero attached hydrogens (tertiary/aromatic N) is 3. The van der Waals surface area contributed by atoms with Crippen LogP contribution in [0.1, 0.15) is 31.2 Å². The number of halogens is 2. The summed E-state index contributed by atoms with van der Waals surface area (Å²) in [6.07, 6.45) is 2.93. The Balaban J connectivity index is 2.02. The van der Waals surface area contributed by atoms with Crippen molar-refractivity contribution in [3.05, 3.63) is 40.4 Å². The SMILES string of the molecule is CCCCc1nnc(SCc2ccc(F)cc2Cl)n1N. The highest BCUT2D eigenvalue weighted by molar-refractivity contribution is 7.98. The van der Waals surface area contributed by atoms with Gasteiger partial charge in [0.15, 0.2) is 5.82 Å². The van der Waals surface area contributed by atoms with Crippen molar-refractivity contribution in [1.29, 1.82) is 0 Å². The number of nitrogen functional groups attached to an aromatic ring is 1. The number of rotatable bonds is 6. The lowest BCUT2D eigenvalue weighted by Gasteiger charge is -2.05. The molecule has 1 heterocycles. The van der Waals surface area contributed by atoms with Gasteiger partial charge in [-0.1, -0.05) is 42.8 Å². The predicted molar refractivity (Wildman–Crippen MR) is 79.8 cm³/mol. The molecule has 4 nitrogen and oxygen atoms in total. The van der Waals surface area contributed by atoms with Crippen LogP contribution in [0, 0.1) is 5.82 Å². The average molecular weight is 315 g/mol. The molecule has 0 unspecified atom stereocenters. The highest BCUT2D eigenvalue weighted by atomic mass is 35.5. The highest BCUT2D eigenvalue weighted by Gasteiger charge is 2.11. The van der Waals surface area contributed by atoms with Crippen molar-refractivity contribution < 1.29 is 4.39 Å². The molecule has 108 valence electrons. The van der Waals surface area contributed by atoms with Gasteiger partial charge in [-0.05, 0) is 24.1 Å². The Labute approximate surface area is 126 Å². The first-order valence-corrected chi connectivity index (χ1v) is 7.74. The Morgan fingerprint density at radius 1 is 1.40 bits per heavy atom. The molecule has 0 saturated heterocycles. The van der Waals surface area contributed by atoms with Crippen LogP contribution in [0.25, 0.3) is 0 Å². The van der Waals surface area contributed by atoms with E-state index < -0.39 is 0 Å². The number of hydrogen-bond acceptors (Lipinski definition) is 4. The number of benzene rings is 1. The molecule has 0 radical (unpaired) electrons. The summed E-state index contributed by atoms with van der Waals surface area (Å²) in [5, 5.41) is 9.19. The van der Waals surface area contributed by atoms with Crippen LogP contribution in [0.3, 0.4) is 0 Å². The standard InChI is InChI=1S/C13H16ClFN4S/c1-2-3-4-12-17-18-13(19(12)16)20-8-9-5-6-10(15)7-11(9)14/h5-7H,2-4,8,16H2,1H3. The summed E-state index contributed by atoms with van der Waals surface area (Å²) in [6, 6.07) is 4.36. The van der Waals surface area contributed by atoms with Crippen molar-refractivity contribution >= 4 is 23.4 Å². The molecule has 0 bridgehead atoms. The maximum absolute atomic E-state index is 13.0. The van der Waals surface area contributed by atoms with Gasteiger partial charge in [0.25, 0.3) is 0 Å². The lowest BCUT2D eigenvalue weighted by molar-refractivity contribution is 0.627. The van der Waals surface area contributed by atoms with Crippen LogP contribution >= 0.6 is 23.4 Å². The molecule has 2 aromatic rings. The molecule has 0 atom stereocenters. The average Bonchev–Trinajstić information content (AvgIpc) is 2.76. The summed E-state index contributed by atoms with van der Waals surface area (Å²) in [5.41, 5.74) is 0.844. The number of nitrogens with two attached hydrogens (primary N) is 1. The predicted octanol–water partition coefficient (Wildman–Crippen LogP) is 3.42. The fourth-order valence-corrected chi connectivity index (χ4v) is 2.88. The van der Waals surface area contributed by atoms with Crippen LogP contribution in [0.4, 0.5) is 4.39 Å². The number of aryl methyl sites for hydroxylation is 1. The second-order valence-corrected chi connectivity index (χ2v) is 5.75. The molecular formula is C13H16ClFN4S. The fourth-order valence-electron chi connectivity index (χ4n) is 1.69. The van der Waals surface area contributed by atoms with E-state index in [0.717, 1.165) is 30.7 Å². The zero-order valence-corrected chi connectivity index (χ0v) is 12.7. The van der Waals surface area contributed by atoms with Gasteiger partial charge in [0.1, 0.15) is 5.82 Å². The van der Waals surface area contributed by atoms with Gasteiger partial charge in [-0.25, -0.2) is 9.07 Å². The van der Waals surface area contributed by atoms with E-state index in [1.54, 1.807) is 6.07 Å². The van der Waals surface area contributed by atoms with Crippen LogP contribution < -0.4 is 5.84 Å². The summed E-state index contributed by atoms with van der Waals surface area (Å²) in [4.78, 5) is 0. The molecule has 20 heavy (non-hydrogen) atoms. The van der Waals surface area contributed by atoms with E-state index in [1.807, 2.05) is 0 Å². The normalized spacial score (nSPS) is 10.9. The first kappa shape index (κ1) is 15.1. The van der Waals surface area contributed by atoms with Crippen LogP contribution in [-0.4, -0.2) is 14.9 Å². The van der Waals surface area contributed by atoms with Crippen molar-refractivity contribution in [3.8, 4) is 0 Å². The smallest absolute Gasteiger partial charge is 0.210 e. The molecule has 7 heteroatoms. The first-order chi connectivity index (χ1) is 9.61. The Morgan fingerprint density at radius 3 is 2.90 bits per heavy atom. The van der Waals surface area contributed by atoms with Gasteiger partial charge in [0.2, 0.25) is 5.16 Å². The van der Waals surface area contributed by atoms with Gasteiger partial charge in [-0.3, -0.25) is 0 Å². The minimum absolute atomic E-state index is 0.340. The molecular weight excluding hydrogens is 299 g/mol. The van der Waals surface area contributed by atoms with E-state index in [2.05, 4.69) is 17.1 Å². The second-order valence-electron chi connectivity index (χ2n) is 4.40. The Hall–Kier alpha value is -1.27. The lowest BCUT2D eigenvalue weighted by Crippen LogP contribution is -2.14. The molecule has 0 saturated carbocycles. The molecule has 0 fully saturated rings. The van der Waals surface area contributed by atoms with Gasteiger partial charge >= 0.3 is 0 Å². The third kappa shape index (κ3) is 3.64. The number of aromatic nitrogens is 3. The quantitative estimate of drug-likeness (QED) is 0.655. The fraction of sp³-hybridized carbons (Fsp3) is 0.385. The Kier molecular flexibility index (Phi) is 5.25. The third-order valence-corrected chi connectivity index (χ3v) is 4.20. The molecule has 0 aliphatic heterocycles. The monoisotopic (exact) mass is 314 g/mol. The summed E-state index contributed by atoms with van der Waals surface area (Å²) in [6.45, 7) is 2.11. The number of unbranched alkanes of at least 4 members (excludes halogenated alkanes) is 1. The third-order valence-electron chi connectivity index (χ3n) is 2.86. The van der Waals surface area contributed by atoms with E-state index in [1.165, 1.54) is 28.6 Å². The summed E-state index contributed by atoms with van der Waals surface area (Å²) >= 11 is 7.41. The highest BCUT2D eigenvalue weighted by Crippen LogP contribution is 2.26. The first-order valence-electron chi connectivity index (χ1n) is 6.38. The van der Waals surface area contributed by atoms with E-state index in [4.69, 9.17) is 17.4 Å². The molecule has 1 aromatic heterocycles. The molecule has 2 rings (SSSR count). The van der Waals surface area contributed by atoms with Crippen molar-refractivity contribution in [1.82, 2.24) is 14.9 Å². The molecule has 0 spiro atoms. The topological polar surface area (TPSA) is 56.7 Å². The lowest BCUT2D eigenvalue weighted by atomic mass is 10.2. The minimum Gasteiger partial charge on any atom is -0.336 e. The van der Waals surface area contributed by atoms with Crippen LogP contribution in [0.5, 0.6) is 0 Å². The van der Waals surface area contributed by atoms with Crippen molar-refractivity contribution in [3.63, 3.8) is 0 Å². The number of hydrogen-bond donors (Lipinski definition) is 1. The van der Waals surface area contributed by atoms with Gasteiger partial charge in [-0.15, -0.1) is 10.2 Å². The number of thioether (sulfide) groups is 1. The second kappa shape index (κ2) is 6.95. The van der Waals surface area contributed by atoms with Gasteiger partial charge in [0.05, 0.1) is 0 Å². The van der Waals surface area contributed by atoms with E-state index in [0.29, 0.717) is 15.9 Å². The minimum atomic E-state index is -0.340. The zero-order chi connectivity index (χ0) is 14.5. The summed E-state index contributed by atoms with van der Waals surface area (Å²) < 4.78 is 14.5.